The lowest BCUT2D eigenvalue weighted by atomic mass is 10.0. The monoisotopic (exact) mass is 387 g/mol. The van der Waals surface area contributed by atoms with Crippen molar-refractivity contribution in [1.82, 2.24) is 14.5 Å². The maximum absolute atomic E-state index is 12.7. The van der Waals surface area contributed by atoms with Gasteiger partial charge in [0, 0.05) is 48.8 Å². The van der Waals surface area contributed by atoms with Crippen molar-refractivity contribution in [3.05, 3.63) is 64.6 Å². The molecular formula is C22H24F3N3. The number of rotatable bonds is 4. The molecule has 28 heavy (non-hydrogen) atoms. The van der Waals surface area contributed by atoms with Gasteiger partial charge in [0.1, 0.15) is 5.69 Å². The fourth-order valence-electron chi connectivity index (χ4n) is 4.09. The highest BCUT2D eigenvalue weighted by Gasteiger charge is 2.32. The molecule has 1 aromatic carbocycles. The minimum absolute atomic E-state index is 0.659. The average Bonchev–Trinajstić information content (AvgIpc) is 2.98. The van der Waals surface area contributed by atoms with E-state index in [9.17, 15) is 13.2 Å². The Balaban J connectivity index is 1.65. The van der Waals surface area contributed by atoms with Gasteiger partial charge >= 0.3 is 6.18 Å². The fraction of sp³-hybridized carbons (Fsp3) is 0.409. The first-order chi connectivity index (χ1) is 13.4. The predicted molar refractivity (Wildman–Crippen MR) is 104 cm³/mol. The maximum atomic E-state index is 12.7. The molecule has 1 aliphatic rings. The van der Waals surface area contributed by atoms with Crippen LogP contribution in [0.25, 0.3) is 10.9 Å². The summed E-state index contributed by atoms with van der Waals surface area (Å²) in [5.41, 5.74) is 5.28. The van der Waals surface area contributed by atoms with Crippen molar-refractivity contribution in [3.63, 3.8) is 0 Å². The van der Waals surface area contributed by atoms with Gasteiger partial charge in [0.2, 0.25) is 0 Å². The summed E-state index contributed by atoms with van der Waals surface area (Å²) < 4.78 is 40.5. The van der Waals surface area contributed by atoms with Gasteiger partial charge in [0.25, 0.3) is 0 Å². The number of pyridine rings is 1. The van der Waals surface area contributed by atoms with E-state index in [1.54, 1.807) is 0 Å². The number of halogens is 3. The van der Waals surface area contributed by atoms with Gasteiger partial charge in [-0.05, 0) is 54.8 Å². The van der Waals surface area contributed by atoms with Crippen molar-refractivity contribution in [3.8, 4) is 0 Å². The first-order valence-electron chi connectivity index (χ1n) is 9.70. The van der Waals surface area contributed by atoms with Crippen LogP contribution in [-0.4, -0.2) is 28.0 Å². The van der Waals surface area contributed by atoms with Gasteiger partial charge in [-0.3, -0.25) is 4.98 Å². The Kier molecular flexibility index (Phi) is 4.91. The molecule has 4 rings (SSSR count). The lowest BCUT2D eigenvalue weighted by molar-refractivity contribution is -0.141. The standard InChI is InChI=1S/C22H24F3N3/c1-3-15-4-6-19-17(12-15)18-14-27(2)10-9-20(18)28(19)11-8-16-5-7-21(26-13-16)22(23,24)25/h4-7,12-13H,3,8-11,14H2,1-2H3. The molecule has 0 N–H and O–H groups in total. The van der Waals surface area contributed by atoms with E-state index in [0.29, 0.717) is 6.42 Å². The van der Waals surface area contributed by atoms with Gasteiger partial charge in [-0.25, -0.2) is 0 Å². The van der Waals surface area contributed by atoms with Gasteiger partial charge in [-0.1, -0.05) is 19.1 Å². The first kappa shape index (κ1) is 19.0. The molecule has 148 valence electrons. The van der Waals surface area contributed by atoms with Crippen LogP contribution in [0.3, 0.4) is 0 Å². The van der Waals surface area contributed by atoms with Gasteiger partial charge in [-0.2, -0.15) is 13.2 Å². The lowest BCUT2D eigenvalue weighted by Gasteiger charge is -2.24. The quantitative estimate of drug-likeness (QED) is 0.638. The molecule has 0 spiro atoms. The molecule has 0 fully saturated rings. The number of alkyl halides is 3. The van der Waals surface area contributed by atoms with E-state index in [1.807, 2.05) is 0 Å². The van der Waals surface area contributed by atoms with Crippen molar-refractivity contribution in [1.29, 1.82) is 0 Å². The topological polar surface area (TPSA) is 21.1 Å². The molecule has 0 saturated heterocycles. The van der Waals surface area contributed by atoms with E-state index in [-0.39, 0.29) is 0 Å². The smallest absolute Gasteiger partial charge is 0.344 e. The highest BCUT2D eigenvalue weighted by Crippen LogP contribution is 2.32. The zero-order chi connectivity index (χ0) is 19.9. The Morgan fingerprint density at radius 2 is 1.89 bits per heavy atom. The number of likely N-dealkylation sites (N-methyl/N-ethyl adjacent to an activating group) is 1. The molecule has 1 aliphatic heterocycles. The van der Waals surface area contributed by atoms with Crippen LogP contribution in [0.4, 0.5) is 13.2 Å². The van der Waals surface area contributed by atoms with Crippen LogP contribution < -0.4 is 0 Å². The Hall–Kier alpha value is -2.34. The van der Waals surface area contributed by atoms with E-state index >= 15 is 0 Å². The van der Waals surface area contributed by atoms with Gasteiger partial charge < -0.3 is 9.47 Å². The van der Waals surface area contributed by atoms with Crippen LogP contribution in [0.5, 0.6) is 0 Å². The largest absolute Gasteiger partial charge is 0.433 e. The second-order valence-corrected chi connectivity index (χ2v) is 7.57. The van der Waals surface area contributed by atoms with Gasteiger partial charge in [-0.15, -0.1) is 0 Å². The summed E-state index contributed by atoms with van der Waals surface area (Å²) in [5.74, 6) is 0. The Bertz CT molecular complexity index is 987. The third-order valence-corrected chi connectivity index (χ3v) is 5.66. The van der Waals surface area contributed by atoms with Gasteiger partial charge in [0.15, 0.2) is 0 Å². The maximum Gasteiger partial charge on any atom is 0.433 e. The number of aromatic nitrogens is 2. The van der Waals surface area contributed by atoms with Crippen LogP contribution in [-0.2, 0) is 38.5 Å². The summed E-state index contributed by atoms with van der Waals surface area (Å²) in [4.78, 5) is 5.93. The number of fused-ring (bicyclic) bond motifs is 3. The minimum atomic E-state index is -4.39. The Labute approximate surface area is 162 Å². The zero-order valence-electron chi connectivity index (χ0n) is 16.2. The van der Waals surface area contributed by atoms with E-state index < -0.39 is 11.9 Å². The lowest BCUT2D eigenvalue weighted by Crippen LogP contribution is -2.27. The molecule has 2 aromatic heterocycles. The molecule has 0 unspecified atom stereocenters. The zero-order valence-corrected chi connectivity index (χ0v) is 16.2. The van der Waals surface area contributed by atoms with Crippen molar-refractivity contribution in [2.75, 3.05) is 13.6 Å². The average molecular weight is 387 g/mol. The highest BCUT2D eigenvalue weighted by atomic mass is 19.4. The first-order valence-corrected chi connectivity index (χ1v) is 9.70. The van der Waals surface area contributed by atoms with Crippen molar-refractivity contribution < 1.29 is 13.2 Å². The molecule has 0 aliphatic carbocycles. The second-order valence-electron chi connectivity index (χ2n) is 7.57. The van der Waals surface area contributed by atoms with Crippen LogP contribution >= 0.6 is 0 Å². The number of aryl methyl sites for hydroxylation is 3. The summed E-state index contributed by atoms with van der Waals surface area (Å²) in [5, 5.41) is 1.31. The van der Waals surface area contributed by atoms with E-state index in [0.717, 1.165) is 44.1 Å². The second kappa shape index (κ2) is 7.24. The normalized spacial score (nSPS) is 15.2. The van der Waals surface area contributed by atoms with E-state index in [4.69, 9.17) is 0 Å². The highest BCUT2D eigenvalue weighted by molar-refractivity contribution is 5.86. The summed E-state index contributed by atoms with van der Waals surface area (Å²) >= 11 is 0. The number of hydrogen-bond donors (Lipinski definition) is 0. The Morgan fingerprint density at radius 1 is 1.11 bits per heavy atom. The molecule has 3 aromatic rings. The predicted octanol–water partition coefficient (Wildman–Crippen LogP) is 4.85. The molecule has 0 radical (unpaired) electrons. The third kappa shape index (κ3) is 3.53. The number of nitrogens with zero attached hydrogens (tertiary/aromatic N) is 3. The van der Waals surface area contributed by atoms with Gasteiger partial charge in [0.05, 0.1) is 0 Å². The summed E-state index contributed by atoms with van der Waals surface area (Å²) in [6, 6.07) is 9.27. The molecule has 6 heteroatoms. The Morgan fingerprint density at radius 3 is 2.57 bits per heavy atom. The van der Waals surface area contributed by atoms with Crippen molar-refractivity contribution in [2.24, 2.45) is 0 Å². The molecule has 3 nitrogen and oxygen atoms in total. The summed E-state index contributed by atoms with van der Waals surface area (Å²) in [6.07, 6.45) is -0.385. The van der Waals surface area contributed by atoms with Crippen LogP contribution in [0.2, 0.25) is 0 Å². The molecule has 0 atom stereocenters. The molecular weight excluding hydrogens is 363 g/mol. The van der Waals surface area contributed by atoms with E-state index in [1.165, 1.54) is 40.0 Å². The van der Waals surface area contributed by atoms with E-state index in [2.05, 4.69) is 46.6 Å². The number of hydrogen-bond acceptors (Lipinski definition) is 2. The molecule has 0 bridgehead atoms. The minimum Gasteiger partial charge on any atom is -0.344 e. The van der Waals surface area contributed by atoms with Crippen molar-refractivity contribution >= 4 is 10.9 Å². The van der Waals surface area contributed by atoms with Crippen LogP contribution in [0.15, 0.2) is 36.5 Å². The summed E-state index contributed by atoms with van der Waals surface area (Å²) in [7, 11) is 2.14. The fourth-order valence-corrected chi connectivity index (χ4v) is 4.09. The molecule has 0 amide bonds. The third-order valence-electron chi connectivity index (χ3n) is 5.66. The molecule has 3 heterocycles. The molecule has 0 saturated carbocycles. The van der Waals surface area contributed by atoms with Crippen LogP contribution in [0.1, 0.15) is 35.0 Å². The number of benzene rings is 1. The SMILES string of the molecule is CCc1ccc2c(c1)c1c(n2CCc2ccc(C(F)(F)F)nc2)CCN(C)C1. The van der Waals surface area contributed by atoms with Crippen molar-refractivity contribution in [2.45, 2.75) is 45.5 Å². The van der Waals surface area contributed by atoms with Crippen LogP contribution in [0, 0.1) is 0 Å². The summed E-state index contributed by atoms with van der Waals surface area (Å²) in [6.45, 7) is 4.86.